The molecule has 18 heavy (non-hydrogen) atoms. The maximum absolute atomic E-state index is 11.0. The molecule has 0 fully saturated rings. The molecule has 0 unspecified atom stereocenters. The van der Waals surface area contributed by atoms with Crippen LogP contribution in [0.3, 0.4) is 0 Å². The molecular weight excluding hydrogens is 228 g/mol. The molecule has 0 atom stereocenters. The van der Waals surface area contributed by atoms with Gasteiger partial charge >= 0.3 is 0 Å². The molecule has 0 aliphatic carbocycles. The molecule has 90 valence electrons. The van der Waals surface area contributed by atoms with Crippen molar-refractivity contribution in [1.82, 2.24) is 0 Å². The first-order chi connectivity index (χ1) is 8.72. The van der Waals surface area contributed by atoms with Crippen LogP contribution in [0.4, 0.5) is 17.1 Å². The number of anilines is 3. The summed E-state index contributed by atoms with van der Waals surface area (Å²) >= 11 is 0. The fourth-order valence-corrected chi connectivity index (χ4v) is 1.92. The minimum Gasteiger partial charge on any atom is -0.453 e. The molecular formula is C14H12N2O2. The Labute approximate surface area is 105 Å². The number of hydrogen-bond donors (Lipinski definition) is 2. The Morgan fingerprint density at radius 1 is 1.11 bits per heavy atom. The van der Waals surface area contributed by atoms with Crippen LogP contribution in [-0.4, -0.2) is 5.91 Å². The van der Waals surface area contributed by atoms with Crippen molar-refractivity contribution >= 4 is 23.0 Å². The van der Waals surface area contributed by atoms with Crippen LogP contribution >= 0.6 is 0 Å². The van der Waals surface area contributed by atoms with Gasteiger partial charge in [-0.3, -0.25) is 4.79 Å². The van der Waals surface area contributed by atoms with Gasteiger partial charge in [0.15, 0.2) is 11.5 Å². The van der Waals surface area contributed by atoms with Gasteiger partial charge in [0.05, 0.1) is 11.4 Å². The Bertz CT molecular complexity index is 623. The van der Waals surface area contributed by atoms with Crippen molar-refractivity contribution in [2.75, 3.05) is 10.6 Å². The third kappa shape index (κ3) is 1.88. The Kier molecular flexibility index (Phi) is 2.41. The summed E-state index contributed by atoms with van der Waals surface area (Å²) in [6, 6.07) is 13.2. The molecule has 0 aromatic heterocycles. The van der Waals surface area contributed by atoms with Gasteiger partial charge in [0, 0.05) is 12.6 Å². The Morgan fingerprint density at radius 2 is 1.89 bits per heavy atom. The van der Waals surface area contributed by atoms with E-state index in [0.717, 1.165) is 28.6 Å². The smallest absolute Gasteiger partial charge is 0.221 e. The molecule has 0 saturated heterocycles. The highest BCUT2D eigenvalue weighted by molar-refractivity contribution is 5.90. The predicted octanol–water partition coefficient (Wildman–Crippen LogP) is 3.49. The zero-order valence-corrected chi connectivity index (χ0v) is 9.86. The lowest BCUT2D eigenvalue weighted by Crippen LogP contribution is -2.07. The third-order valence-corrected chi connectivity index (χ3v) is 2.68. The van der Waals surface area contributed by atoms with Gasteiger partial charge in [-0.2, -0.15) is 0 Å². The molecule has 1 aliphatic rings. The summed E-state index contributed by atoms with van der Waals surface area (Å²) in [5.41, 5.74) is 2.52. The number of nitrogens with one attached hydrogen (secondary N) is 2. The van der Waals surface area contributed by atoms with Gasteiger partial charge in [-0.1, -0.05) is 12.1 Å². The van der Waals surface area contributed by atoms with E-state index in [0.29, 0.717) is 0 Å². The van der Waals surface area contributed by atoms with Gasteiger partial charge in [0.2, 0.25) is 5.91 Å². The van der Waals surface area contributed by atoms with E-state index in [4.69, 9.17) is 4.74 Å². The molecule has 4 heteroatoms. The van der Waals surface area contributed by atoms with Crippen LogP contribution in [0.15, 0.2) is 42.5 Å². The first-order valence-electron chi connectivity index (χ1n) is 5.68. The molecule has 2 aromatic rings. The van der Waals surface area contributed by atoms with Crippen LogP contribution < -0.4 is 15.4 Å². The van der Waals surface area contributed by atoms with Crippen molar-refractivity contribution in [3.05, 3.63) is 42.5 Å². The van der Waals surface area contributed by atoms with E-state index in [9.17, 15) is 4.79 Å². The predicted molar refractivity (Wildman–Crippen MR) is 70.5 cm³/mol. The van der Waals surface area contributed by atoms with E-state index in [1.54, 1.807) is 0 Å². The Balaban J connectivity index is 1.96. The van der Waals surface area contributed by atoms with Crippen molar-refractivity contribution in [2.24, 2.45) is 0 Å². The van der Waals surface area contributed by atoms with Crippen LogP contribution in [-0.2, 0) is 4.79 Å². The maximum atomic E-state index is 11.0. The summed E-state index contributed by atoms with van der Waals surface area (Å²) in [5, 5.41) is 6.02. The minimum atomic E-state index is -0.0907. The first kappa shape index (κ1) is 10.7. The largest absolute Gasteiger partial charge is 0.453 e. The SMILES string of the molecule is CC(=O)Nc1ccc2c(c1)Nc1ccccc1O2. The highest BCUT2D eigenvalue weighted by atomic mass is 16.5. The molecule has 3 rings (SSSR count). The Hall–Kier alpha value is -2.49. The highest BCUT2D eigenvalue weighted by Crippen LogP contribution is 2.42. The standard InChI is InChI=1S/C14H12N2O2/c1-9(17)15-10-6-7-14-12(8-10)16-11-4-2-3-5-13(11)18-14/h2-8,16H,1H3,(H,15,17). The number of para-hydroxylation sites is 2. The lowest BCUT2D eigenvalue weighted by atomic mass is 10.2. The average molecular weight is 240 g/mol. The van der Waals surface area contributed by atoms with Crippen molar-refractivity contribution < 1.29 is 9.53 Å². The van der Waals surface area contributed by atoms with Crippen molar-refractivity contribution in [1.29, 1.82) is 0 Å². The molecule has 4 nitrogen and oxygen atoms in total. The summed E-state index contributed by atoms with van der Waals surface area (Å²) in [4.78, 5) is 11.0. The molecule has 0 saturated carbocycles. The summed E-state index contributed by atoms with van der Waals surface area (Å²) in [5.74, 6) is 1.46. The minimum absolute atomic E-state index is 0.0907. The first-order valence-corrected chi connectivity index (χ1v) is 5.68. The molecule has 0 radical (unpaired) electrons. The van der Waals surface area contributed by atoms with Gasteiger partial charge in [-0.15, -0.1) is 0 Å². The lowest BCUT2D eigenvalue weighted by Gasteiger charge is -2.22. The average Bonchev–Trinajstić information content (AvgIpc) is 2.35. The molecule has 0 spiro atoms. The molecule has 1 heterocycles. The second-order valence-corrected chi connectivity index (χ2v) is 4.12. The van der Waals surface area contributed by atoms with Crippen LogP contribution in [0.25, 0.3) is 0 Å². The van der Waals surface area contributed by atoms with Crippen molar-refractivity contribution in [3.63, 3.8) is 0 Å². The molecule has 1 aliphatic heterocycles. The number of hydrogen-bond acceptors (Lipinski definition) is 3. The number of carbonyl (C=O) groups is 1. The quantitative estimate of drug-likeness (QED) is 0.684. The summed E-state index contributed by atoms with van der Waals surface area (Å²) in [6.45, 7) is 1.48. The second kappa shape index (κ2) is 4.07. The van der Waals surface area contributed by atoms with Gasteiger partial charge < -0.3 is 15.4 Å². The van der Waals surface area contributed by atoms with Gasteiger partial charge in [-0.25, -0.2) is 0 Å². The number of rotatable bonds is 1. The van der Waals surface area contributed by atoms with Crippen LogP contribution in [0.2, 0.25) is 0 Å². The van der Waals surface area contributed by atoms with E-state index in [2.05, 4.69) is 10.6 Å². The normalized spacial score (nSPS) is 11.6. The highest BCUT2D eigenvalue weighted by Gasteiger charge is 2.15. The van der Waals surface area contributed by atoms with Gasteiger partial charge in [0.1, 0.15) is 0 Å². The number of carbonyl (C=O) groups excluding carboxylic acids is 1. The molecule has 1 amide bonds. The van der Waals surface area contributed by atoms with Gasteiger partial charge in [0.25, 0.3) is 0 Å². The zero-order valence-electron chi connectivity index (χ0n) is 9.86. The molecule has 2 aromatic carbocycles. The number of benzene rings is 2. The monoisotopic (exact) mass is 240 g/mol. The van der Waals surface area contributed by atoms with Crippen molar-refractivity contribution in [2.45, 2.75) is 6.92 Å². The van der Waals surface area contributed by atoms with Crippen LogP contribution in [0.1, 0.15) is 6.92 Å². The van der Waals surface area contributed by atoms with E-state index in [1.807, 2.05) is 42.5 Å². The van der Waals surface area contributed by atoms with E-state index < -0.39 is 0 Å². The Morgan fingerprint density at radius 3 is 2.72 bits per heavy atom. The van der Waals surface area contributed by atoms with E-state index in [1.165, 1.54) is 6.92 Å². The third-order valence-electron chi connectivity index (χ3n) is 2.68. The van der Waals surface area contributed by atoms with Crippen molar-refractivity contribution in [3.8, 4) is 11.5 Å². The second-order valence-electron chi connectivity index (χ2n) is 4.12. The van der Waals surface area contributed by atoms with Gasteiger partial charge in [-0.05, 0) is 30.3 Å². The maximum Gasteiger partial charge on any atom is 0.221 e. The fourth-order valence-electron chi connectivity index (χ4n) is 1.92. The zero-order chi connectivity index (χ0) is 12.5. The topological polar surface area (TPSA) is 50.4 Å². The summed E-state index contributed by atoms with van der Waals surface area (Å²) in [7, 11) is 0. The summed E-state index contributed by atoms with van der Waals surface area (Å²) < 4.78 is 5.76. The summed E-state index contributed by atoms with van der Waals surface area (Å²) in [6.07, 6.45) is 0. The van der Waals surface area contributed by atoms with E-state index >= 15 is 0 Å². The number of fused-ring (bicyclic) bond motifs is 2. The molecule has 0 bridgehead atoms. The van der Waals surface area contributed by atoms with Crippen LogP contribution in [0, 0.1) is 0 Å². The number of amides is 1. The fraction of sp³-hybridized carbons (Fsp3) is 0.0714. The van der Waals surface area contributed by atoms with E-state index in [-0.39, 0.29) is 5.91 Å². The molecule has 2 N–H and O–H groups in total. The number of ether oxygens (including phenoxy) is 1. The van der Waals surface area contributed by atoms with Crippen LogP contribution in [0.5, 0.6) is 11.5 Å². The lowest BCUT2D eigenvalue weighted by molar-refractivity contribution is -0.114.